The van der Waals surface area contributed by atoms with Crippen molar-refractivity contribution in [1.29, 1.82) is 0 Å². The summed E-state index contributed by atoms with van der Waals surface area (Å²) in [6.45, 7) is 12.5. The van der Waals surface area contributed by atoms with Gasteiger partial charge in [-0.25, -0.2) is 0 Å². The summed E-state index contributed by atoms with van der Waals surface area (Å²) < 4.78 is 5.82. The second kappa shape index (κ2) is 11.3. The van der Waals surface area contributed by atoms with Gasteiger partial charge in [-0.1, -0.05) is 71.9 Å². The molecule has 3 N–H and O–H groups in total. The molecule has 3 rings (SSSR count). The van der Waals surface area contributed by atoms with Crippen molar-refractivity contribution >= 4 is 23.4 Å². The van der Waals surface area contributed by atoms with Crippen molar-refractivity contribution < 1.29 is 19.1 Å². The number of nitrogens with one attached hydrogen (secondary N) is 3. The maximum atomic E-state index is 12.4. The fourth-order valence-electron chi connectivity index (χ4n) is 3.58. The van der Waals surface area contributed by atoms with E-state index in [1.54, 1.807) is 48.5 Å². The van der Waals surface area contributed by atoms with Crippen LogP contribution in [0.25, 0.3) is 0 Å². The maximum Gasteiger partial charge on any atom is 0.276 e. The molecule has 0 spiro atoms. The Labute approximate surface area is 218 Å². The normalized spacial score (nSPS) is 11.4. The average Bonchev–Trinajstić information content (AvgIpc) is 2.85. The Morgan fingerprint density at radius 1 is 0.703 bits per heavy atom. The fraction of sp³-hybridized carbons (Fsp3) is 0.300. The molecule has 0 radical (unpaired) electrons. The molecule has 0 saturated carbocycles. The van der Waals surface area contributed by atoms with Gasteiger partial charge in [-0.05, 0) is 64.4 Å². The highest BCUT2D eigenvalue weighted by molar-refractivity contribution is 6.04. The third-order valence-electron chi connectivity index (χ3n) is 5.77. The van der Waals surface area contributed by atoms with Crippen molar-refractivity contribution in [2.45, 2.75) is 52.4 Å². The first-order valence-corrected chi connectivity index (χ1v) is 12.2. The number of benzene rings is 3. The molecule has 0 fully saturated rings. The van der Waals surface area contributed by atoms with E-state index in [0.29, 0.717) is 22.6 Å². The van der Waals surface area contributed by atoms with Crippen LogP contribution in [0.3, 0.4) is 0 Å². The number of hydrogen-bond acceptors (Lipinski definition) is 4. The van der Waals surface area contributed by atoms with Gasteiger partial charge in [0.05, 0.1) is 0 Å². The second-order valence-corrected chi connectivity index (χ2v) is 10.9. The number of ether oxygens (including phenoxy) is 1. The summed E-state index contributed by atoms with van der Waals surface area (Å²) in [4.78, 5) is 37.1. The lowest BCUT2D eigenvalue weighted by Crippen LogP contribution is -2.43. The van der Waals surface area contributed by atoms with Gasteiger partial charge in [-0.2, -0.15) is 0 Å². The number of carbonyl (C=O) groups excluding carboxylic acids is 3. The Kier molecular flexibility index (Phi) is 8.38. The molecule has 3 aromatic carbocycles. The van der Waals surface area contributed by atoms with Gasteiger partial charge in [0.2, 0.25) is 0 Å². The van der Waals surface area contributed by atoms with Crippen LogP contribution in [-0.2, 0) is 15.6 Å². The lowest BCUT2D eigenvalue weighted by molar-refractivity contribution is -0.123. The van der Waals surface area contributed by atoms with Gasteiger partial charge in [-0.15, -0.1) is 0 Å². The van der Waals surface area contributed by atoms with Crippen LogP contribution < -0.4 is 20.9 Å². The lowest BCUT2D eigenvalue weighted by Gasteiger charge is -2.27. The van der Waals surface area contributed by atoms with Crippen LogP contribution in [0.1, 0.15) is 73.4 Å². The number of carbonyl (C=O) groups is 3. The molecule has 194 valence electrons. The molecule has 7 heteroatoms. The summed E-state index contributed by atoms with van der Waals surface area (Å²) >= 11 is 0. The number of hydrogen-bond donors (Lipinski definition) is 3. The quantitative estimate of drug-likeness (QED) is 0.396. The van der Waals surface area contributed by atoms with Gasteiger partial charge in [-0.3, -0.25) is 25.2 Å². The van der Waals surface area contributed by atoms with Crippen molar-refractivity contribution in [3.63, 3.8) is 0 Å². The van der Waals surface area contributed by atoms with E-state index in [0.717, 1.165) is 5.56 Å². The SMILES string of the molecule is CC(C)(C)c1ccc(OCC(=O)NNC(=O)c2ccc(NC(=O)c3ccccc3)cc2)c(C(C)(C)C)c1. The molecular formula is C30H35N3O4. The molecular weight excluding hydrogens is 466 g/mol. The van der Waals surface area contributed by atoms with Gasteiger partial charge < -0.3 is 10.1 Å². The monoisotopic (exact) mass is 501 g/mol. The number of amides is 3. The molecule has 0 heterocycles. The molecule has 0 aliphatic carbocycles. The minimum absolute atomic E-state index is 0.00806. The summed E-state index contributed by atoms with van der Waals surface area (Å²) in [7, 11) is 0. The molecule has 0 aliphatic heterocycles. The summed E-state index contributed by atoms with van der Waals surface area (Å²) in [5.74, 6) is -0.582. The lowest BCUT2D eigenvalue weighted by atomic mass is 9.80. The minimum atomic E-state index is -0.487. The van der Waals surface area contributed by atoms with Crippen LogP contribution >= 0.6 is 0 Å². The largest absolute Gasteiger partial charge is 0.483 e. The zero-order valence-corrected chi connectivity index (χ0v) is 22.3. The predicted octanol–water partition coefficient (Wildman–Crippen LogP) is 5.37. The van der Waals surface area contributed by atoms with Crippen LogP contribution in [0.5, 0.6) is 5.75 Å². The van der Waals surface area contributed by atoms with E-state index in [4.69, 9.17) is 4.74 Å². The second-order valence-electron chi connectivity index (χ2n) is 10.9. The molecule has 0 aliphatic rings. The number of hydrazine groups is 1. The van der Waals surface area contributed by atoms with Gasteiger partial charge in [0.1, 0.15) is 5.75 Å². The summed E-state index contributed by atoms with van der Waals surface area (Å²) in [6.07, 6.45) is 0. The average molecular weight is 502 g/mol. The molecule has 3 amide bonds. The molecule has 0 saturated heterocycles. The Bertz CT molecular complexity index is 1250. The van der Waals surface area contributed by atoms with E-state index in [1.807, 2.05) is 18.2 Å². The topological polar surface area (TPSA) is 96.5 Å². The highest BCUT2D eigenvalue weighted by atomic mass is 16.5. The Morgan fingerprint density at radius 3 is 1.92 bits per heavy atom. The molecule has 37 heavy (non-hydrogen) atoms. The summed E-state index contributed by atoms with van der Waals surface area (Å²) in [6, 6.07) is 21.2. The third-order valence-corrected chi connectivity index (χ3v) is 5.77. The Morgan fingerprint density at radius 2 is 1.32 bits per heavy atom. The van der Waals surface area contributed by atoms with E-state index >= 15 is 0 Å². The zero-order chi connectivity index (χ0) is 27.2. The summed E-state index contributed by atoms with van der Waals surface area (Å²) in [5.41, 5.74) is 8.20. The molecule has 0 bridgehead atoms. The van der Waals surface area contributed by atoms with Gasteiger partial charge in [0.15, 0.2) is 6.61 Å². The molecule has 0 aromatic heterocycles. The van der Waals surface area contributed by atoms with Gasteiger partial charge >= 0.3 is 0 Å². The highest BCUT2D eigenvalue weighted by Gasteiger charge is 2.23. The minimum Gasteiger partial charge on any atom is -0.483 e. The first-order chi connectivity index (χ1) is 17.3. The highest BCUT2D eigenvalue weighted by Crippen LogP contribution is 2.35. The van der Waals surface area contributed by atoms with Crippen molar-refractivity contribution in [3.05, 3.63) is 95.1 Å². The van der Waals surface area contributed by atoms with Gasteiger partial charge in [0.25, 0.3) is 17.7 Å². The first kappa shape index (κ1) is 27.5. The maximum absolute atomic E-state index is 12.4. The van der Waals surface area contributed by atoms with Crippen molar-refractivity contribution in [3.8, 4) is 5.75 Å². The summed E-state index contributed by atoms with van der Waals surface area (Å²) in [5, 5.41) is 2.78. The Balaban J connectivity index is 1.53. The standard InChI is InChI=1S/C30H35N3O4/c1-29(2,3)22-14-17-25(24(18-22)30(4,5)6)37-19-26(34)32-33-28(36)21-12-15-23(16-13-21)31-27(35)20-10-8-7-9-11-20/h7-18H,19H2,1-6H3,(H,31,35)(H,32,34)(H,33,36). The molecule has 0 unspecified atom stereocenters. The van der Waals surface area contributed by atoms with Gasteiger partial charge in [0, 0.05) is 16.8 Å². The molecule has 0 atom stereocenters. The number of anilines is 1. The van der Waals surface area contributed by atoms with Crippen LogP contribution in [0.15, 0.2) is 72.8 Å². The zero-order valence-electron chi connectivity index (χ0n) is 22.3. The number of rotatable bonds is 6. The first-order valence-electron chi connectivity index (χ1n) is 12.2. The Hall–Kier alpha value is -4.13. The van der Waals surface area contributed by atoms with Crippen LogP contribution in [-0.4, -0.2) is 24.3 Å². The molecule has 3 aromatic rings. The van der Waals surface area contributed by atoms with E-state index < -0.39 is 11.8 Å². The van der Waals surface area contributed by atoms with E-state index in [-0.39, 0.29) is 23.3 Å². The van der Waals surface area contributed by atoms with E-state index in [9.17, 15) is 14.4 Å². The fourth-order valence-corrected chi connectivity index (χ4v) is 3.58. The van der Waals surface area contributed by atoms with Crippen LogP contribution in [0, 0.1) is 0 Å². The van der Waals surface area contributed by atoms with E-state index in [1.165, 1.54) is 5.56 Å². The third kappa shape index (κ3) is 7.67. The predicted molar refractivity (Wildman–Crippen MR) is 146 cm³/mol. The van der Waals surface area contributed by atoms with Crippen LogP contribution in [0.4, 0.5) is 5.69 Å². The van der Waals surface area contributed by atoms with Crippen molar-refractivity contribution in [2.75, 3.05) is 11.9 Å². The van der Waals surface area contributed by atoms with Crippen molar-refractivity contribution in [1.82, 2.24) is 10.9 Å². The van der Waals surface area contributed by atoms with E-state index in [2.05, 4.69) is 63.8 Å². The molecule has 7 nitrogen and oxygen atoms in total. The van der Waals surface area contributed by atoms with Crippen molar-refractivity contribution in [2.24, 2.45) is 0 Å². The smallest absolute Gasteiger partial charge is 0.276 e. The van der Waals surface area contributed by atoms with Crippen LogP contribution in [0.2, 0.25) is 0 Å².